The zero-order valence-electron chi connectivity index (χ0n) is 16.6. The second-order valence-electron chi connectivity index (χ2n) is 7.83. The monoisotopic (exact) mass is 382 g/mol. The summed E-state index contributed by atoms with van der Waals surface area (Å²) < 4.78 is 5.93. The Morgan fingerprint density at radius 3 is 2.29 bits per heavy atom. The topological polar surface area (TPSA) is 52.8 Å². The van der Waals surface area contributed by atoms with Crippen LogP contribution in [0.4, 0.5) is 0 Å². The highest BCUT2D eigenvalue weighted by molar-refractivity contribution is 5.78. The van der Waals surface area contributed by atoms with Crippen molar-refractivity contribution in [3.63, 3.8) is 0 Å². The quantitative estimate of drug-likeness (QED) is 0.796. The van der Waals surface area contributed by atoms with E-state index in [1.807, 2.05) is 30.3 Å². The molecule has 28 heavy (non-hydrogen) atoms. The molecule has 3 heterocycles. The van der Waals surface area contributed by atoms with Gasteiger partial charge in [0.25, 0.3) is 0 Å². The molecule has 0 bridgehead atoms. The third-order valence-electron chi connectivity index (χ3n) is 5.75. The van der Waals surface area contributed by atoms with Crippen LogP contribution < -0.4 is 0 Å². The molecule has 0 aliphatic carbocycles. The first-order valence-electron chi connectivity index (χ1n) is 10.5. The smallest absolute Gasteiger partial charge is 0.236 e. The summed E-state index contributed by atoms with van der Waals surface area (Å²) in [5.41, 5.74) is 1.05. The molecule has 0 unspecified atom stereocenters. The van der Waals surface area contributed by atoms with Crippen molar-refractivity contribution in [2.45, 2.75) is 32.2 Å². The summed E-state index contributed by atoms with van der Waals surface area (Å²) in [4.78, 5) is 23.7. The average molecular weight is 383 g/mol. The van der Waals surface area contributed by atoms with Crippen molar-refractivity contribution >= 4 is 5.91 Å². The molecule has 1 aromatic carbocycles. The van der Waals surface area contributed by atoms with E-state index in [2.05, 4.69) is 19.7 Å². The summed E-state index contributed by atoms with van der Waals surface area (Å²) in [6, 6.07) is 10.1. The number of oxazole rings is 1. The Hall–Kier alpha value is -2.18. The minimum absolute atomic E-state index is 0.301. The van der Waals surface area contributed by atoms with Crippen LogP contribution in [0.2, 0.25) is 0 Å². The van der Waals surface area contributed by atoms with Gasteiger partial charge in [0.1, 0.15) is 0 Å². The van der Waals surface area contributed by atoms with Gasteiger partial charge in [-0.3, -0.25) is 14.6 Å². The van der Waals surface area contributed by atoms with E-state index >= 15 is 0 Å². The number of aromatic nitrogens is 1. The number of amides is 1. The van der Waals surface area contributed by atoms with Gasteiger partial charge >= 0.3 is 0 Å². The molecule has 6 heteroatoms. The van der Waals surface area contributed by atoms with E-state index < -0.39 is 0 Å². The zero-order chi connectivity index (χ0) is 19.2. The Balaban J connectivity index is 1.23. The largest absolute Gasteiger partial charge is 0.439 e. The van der Waals surface area contributed by atoms with Crippen LogP contribution in [0.1, 0.15) is 31.6 Å². The number of nitrogens with zero attached hydrogens (tertiary/aromatic N) is 4. The first-order chi connectivity index (χ1) is 13.8. The lowest BCUT2D eigenvalue weighted by Gasteiger charge is -2.34. The lowest BCUT2D eigenvalue weighted by atomic mass is 10.2. The van der Waals surface area contributed by atoms with E-state index in [0.717, 1.165) is 75.9 Å². The molecule has 0 N–H and O–H groups in total. The molecular formula is C22H30N4O2. The van der Waals surface area contributed by atoms with Crippen LogP contribution in [0.15, 0.2) is 40.9 Å². The molecule has 2 saturated heterocycles. The lowest BCUT2D eigenvalue weighted by Crippen LogP contribution is -2.49. The maximum absolute atomic E-state index is 12.6. The molecule has 0 atom stereocenters. The summed E-state index contributed by atoms with van der Waals surface area (Å²) in [5.74, 6) is 1.88. The van der Waals surface area contributed by atoms with Crippen LogP contribution >= 0.6 is 0 Å². The molecule has 2 aliphatic heterocycles. The highest BCUT2D eigenvalue weighted by atomic mass is 16.4. The standard InChI is InChI=1S/C22H30N4O2/c27-22(26-10-6-1-2-7-11-26)18-25-14-12-24(13-15-25)17-21-23-16-20(28-21)19-8-4-3-5-9-19/h3-5,8-9,16H,1-2,6-7,10-15,17-18H2. The van der Waals surface area contributed by atoms with Crippen molar-refractivity contribution < 1.29 is 9.21 Å². The van der Waals surface area contributed by atoms with Gasteiger partial charge in [-0.2, -0.15) is 0 Å². The highest BCUT2D eigenvalue weighted by Gasteiger charge is 2.23. The van der Waals surface area contributed by atoms with Gasteiger partial charge in [-0.25, -0.2) is 4.98 Å². The van der Waals surface area contributed by atoms with Crippen LogP contribution in [0.3, 0.4) is 0 Å². The third kappa shape index (κ3) is 5.00. The van der Waals surface area contributed by atoms with Crippen LogP contribution in [0.25, 0.3) is 11.3 Å². The minimum Gasteiger partial charge on any atom is -0.439 e. The number of benzene rings is 1. The molecule has 6 nitrogen and oxygen atoms in total. The SMILES string of the molecule is O=C(CN1CCN(Cc2ncc(-c3ccccc3)o2)CC1)N1CCCCCC1. The second kappa shape index (κ2) is 9.34. The maximum atomic E-state index is 12.6. The Kier molecular flexibility index (Phi) is 6.39. The molecule has 2 aliphatic rings. The van der Waals surface area contributed by atoms with Crippen LogP contribution in [0.5, 0.6) is 0 Å². The van der Waals surface area contributed by atoms with E-state index in [0.29, 0.717) is 12.5 Å². The van der Waals surface area contributed by atoms with Gasteiger partial charge < -0.3 is 9.32 Å². The van der Waals surface area contributed by atoms with Crippen molar-refractivity contribution in [2.75, 3.05) is 45.8 Å². The fourth-order valence-corrected chi connectivity index (χ4v) is 4.03. The molecular weight excluding hydrogens is 352 g/mol. The summed E-state index contributed by atoms with van der Waals surface area (Å²) >= 11 is 0. The maximum Gasteiger partial charge on any atom is 0.236 e. The summed E-state index contributed by atoms with van der Waals surface area (Å²) in [6.45, 7) is 6.88. The number of rotatable bonds is 5. The molecule has 1 amide bonds. The normalized spacial score (nSPS) is 19.5. The number of likely N-dealkylation sites (tertiary alicyclic amines) is 1. The van der Waals surface area contributed by atoms with Gasteiger partial charge in [0.15, 0.2) is 5.76 Å². The van der Waals surface area contributed by atoms with E-state index in [-0.39, 0.29) is 0 Å². The second-order valence-corrected chi connectivity index (χ2v) is 7.83. The molecule has 4 rings (SSSR count). The van der Waals surface area contributed by atoms with Crippen LogP contribution in [0, 0.1) is 0 Å². The summed E-state index contributed by atoms with van der Waals surface area (Å²) in [5, 5.41) is 0. The zero-order valence-corrected chi connectivity index (χ0v) is 16.6. The van der Waals surface area contributed by atoms with Crippen molar-refractivity contribution in [3.8, 4) is 11.3 Å². The molecule has 2 fully saturated rings. The van der Waals surface area contributed by atoms with Crippen LogP contribution in [-0.4, -0.2) is 71.4 Å². The van der Waals surface area contributed by atoms with Crippen LogP contribution in [-0.2, 0) is 11.3 Å². The Morgan fingerprint density at radius 1 is 0.893 bits per heavy atom. The predicted octanol–water partition coefficient (Wildman–Crippen LogP) is 2.86. The van der Waals surface area contributed by atoms with E-state index in [4.69, 9.17) is 4.42 Å². The summed E-state index contributed by atoms with van der Waals surface area (Å²) in [7, 11) is 0. The molecule has 1 aromatic heterocycles. The van der Waals surface area contributed by atoms with Gasteiger partial charge in [0, 0.05) is 44.8 Å². The van der Waals surface area contributed by atoms with Gasteiger partial charge in [-0.15, -0.1) is 0 Å². The number of hydrogen-bond acceptors (Lipinski definition) is 5. The van der Waals surface area contributed by atoms with Gasteiger partial charge in [-0.1, -0.05) is 43.2 Å². The lowest BCUT2D eigenvalue weighted by molar-refractivity contribution is -0.132. The van der Waals surface area contributed by atoms with E-state index in [9.17, 15) is 4.79 Å². The molecule has 0 saturated carbocycles. The minimum atomic E-state index is 0.301. The Bertz CT molecular complexity index is 745. The molecule has 0 spiro atoms. The Labute approximate surface area is 167 Å². The fraction of sp³-hybridized carbons (Fsp3) is 0.545. The number of piperazine rings is 1. The predicted molar refractivity (Wildman–Crippen MR) is 109 cm³/mol. The first kappa shape index (κ1) is 19.2. The first-order valence-corrected chi connectivity index (χ1v) is 10.5. The number of hydrogen-bond donors (Lipinski definition) is 0. The summed E-state index contributed by atoms with van der Waals surface area (Å²) in [6.07, 6.45) is 6.63. The van der Waals surface area contributed by atoms with Crippen molar-refractivity contribution in [1.82, 2.24) is 19.7 Å². The Morgan fingerprint density at radius 2 is 1.57 bits per heavy atom. The van der Waals surface area contributed by atoms with Gasteiger partial charge in [0.2, 0.25) is 11.8 Å². The van der Waals surface area contributed by atoms with E-state index in [1.54, 1.807) is 6.20 Å². The number of carbonyl (C=O) groups is 1. The third-order valence-corrected chi connectivity index (χ3v) is 5.75. The highest BCUT2D eigenvalue weighted by Crippen LogP contribution is 2.20. The number of carbonyl (C=O) groups excluding carboxylic acids is 1. The van der Waals surface area contributed by atoms with Crippen molar-refractivity contribution in [2.24, 2.45) is 0 Å². The molecule has 0 radical (unpaired) electrons. The molecule has 150 valence electrons. The molecule has 2 aromatic rings. The van der Waals surface area contributed by atoms with Gasteiger partial charge in [0.05, 0.1) is 19.3 Å². The van der Waals surface area contributed by atoms with Crippen molar-refractivity contribution in [3.05, 3.63) is 42.4 Å². The van der Waals surface area contributed by atoms with E-state index in [1.165, 1.54) is 12.8 Å². The van der Waals surface area contributed by atoms with Gasteiger partial charge in [-0.05, 0) is 12.8 Å². The average Bonchev–Trinajstić information content (AvgIpc) is 3.02. The fourth-order valence-electron chi connectivity index (χ4n) is 4.03. The van der Waals surface area contributed by atoms with Crippen molar-refractivity contribution in [1.29, 1.82) is 0 Å².